The highest BCUT2D eigenvalue weighted by Gasteiger charge is 2.37. The Hall–Kier alpha value is -2.51. The van der Waals surface area contributed by atoms with E-state index in [0.717, 1.165) is 68.2 Å². The van der Waals surface area contributed by atoms with Crippen molar-refractivity contribution in [2.75, 3.05) is 13.2 Å². The SMILES string of the molecule is CC[Si](CC)(CC)O[C@H](COc1ccccc1)CN(C(=O)OC(C)(C)C)C1CCCc2ccc(OC3CCCC3)cc2C1. The van der Waals surface area contributed by atoms with E-state index in [4.69, 9.17) is 18.6 Å². The van der Waals surface area contributed by atoms with E-state index in [1.54, 1.807) is 0 Å². The van der Waals surface area contributed by atoms with Crippen LogP contribution in [0.15, 0.2) is 48.5 Å². The fraction of sp³-hybridized carbons (Fsp3) is 0.639. The molecule has 1 fully saturated rings. The molecule has 2 aromatic carbocycles. The maximum atomic E-state index is 14.0. The summed E-state index contributed by atoms with van der Waals surface area (Å²) in [5.74, 6) is 1.77. The van der Waals surface area contributed by atoms with Gasteiger partial charge in [0.1, 0.15) is 23.7 Å². The molecule has 1 amide bonds. The maximum absolute atomic E-state index is 14.0. The summed E-state index contributed by atoms with van der Waals surface area (Å²) >= 11 is 0. The van der Waals surface area contributed by atoms with Crippen LogP contribution in [-0.4, -0.2) is 56.3 Å². The van der Waals surface area contributed by atoms with Crippen molar-refractivity contribution in [2.45, 2.75) is 135 Å². The molecule has 2 aromatic rings. The third kappa shape index (κ3) is 9.74. The fourth-order valence-corrected chi connectivity index (χ4v) is 9.40. The van der Waals surface area contributed by atoms with Crippen molar-refractivity contribution in [2.24, 2.45) is 0 Å². The summed E-state index contributed by atoms with van der Waals surface area (Å²) in [5, 5.41) is 0. The number of ether oxygens (including phenoxy) is 3. The van der Waals surface area contributed by atoms with Gasteiger partial charge in [0.25, 0.3) is 0 Å². The standard InChI is InChI=1S/C36H55NO5Si/c1-7-43(8-2,9-3)42-34(27-39-31-18-11-10-12-19-31)26-37(35(38)41-36(4,5)6)30-17-15-16-28-22-23-33(25-29(28)24-30)40-32-20-13-14-21-32/h10-12,18-19,22-23,25,30,32,34H,7-9,13-17,20-21,24,26-27H2,1-6H3/t30?,34-/m0/s1. The number of hydrogen-bond donors (Lipinski definition) is 0. The highest BCUT2D eigenvalue weighted by atomic mass is 28.4. The topological polar surface area (TPSA) is 57.2 Å². The second-order valence-corrected chi connectivity index (χ2v) is 18.2. The second kappa shape index (κ2) is 15.5. The van der Waals surface area contributed by atoms with E-state index in [2.05, 4.69) is 39.0 Å². The van der Waals surface area contributed by atoms with Crippen LogP contribution in [0.5, 0.6) is 11.5 Å². The first-order valence-electron chi connectivity index (χ1n) is 16.8. The van der Waals surface area contributed by atoms with Crippen molar-refractivity contribution < 1.29 is 23.4 Å². The molecule has 2 atom stereocenters. The zero-order valence-corrected chi connectivity index (χ0v) is 28.5. The number of carbonyl (C=O) groups is 1. The van der Waals surface area contributed by atoms with Crippen molar-refractivity contribution in [3.8, 4) is 11.5 Å². The van der Waals surface area contributed by atoms with Crippen LogP contribution < -0.4 is 9.47 Å². The van der Waals surface area contributed by atoms with E-state index in [0.29, 0.717) is 19.3 Å². The van der Waals surface area contributed by atoms with Crippen LogP contribution in [0.25, 0.3) is 0 Å². The van der Waals surface area contributed by atoms with Crippen LogP contribution in [0.3, 0.4) is 0 Å². The lowest BCUT2D eigenvalue weighted by Crippen LogP contribution is -2.52. The van der Waals surface area contributed by atoms with Crippen molar-refractivity contribution in [3.63, 3.8) is 0 Å². The summed E-state index contributed by atoms with van der Waals surface area (Å²) in [4.78, 5) is 15.9. The van der Waals surface area contributed by atoms with Crippen LogP contribution in [0.4, 0.5) is 4.79 Å². The van der Waals surface area contributed by atoms with Crippen LogP contribution in [-0.2, 0) is 22.0 Å². The molecule has 0 radical (unpaired) electrons. The lowest BCUT2D eigenvalue weighted by molar-refractivity contribution is -0.000471. The third-order valence-electron chi connectivity index (χ3n) is 9.22. The van der Waals surface area contributed by atoms with Crippen molar-refractivity contribution in [3.05, 3.63) is 59.7 Å². The van der Waals surface area contributed by atoms with Gasteiger partial charge in [-0.15, -0.1) is 0 Å². The summed E-state index contributed by atoms with van der Waals surface area (Å²) in [6.07, 6.45) is 8.28. The summed E-state index contributed by atoms with van der Waals surface area (Å²) in [6, 6.07) is 19.6. The van der Waals surface area contributed by atoms with E-state index < -0.39 is 13.9 Å². The predicted molar refractivity (Wildman–Crippen MR) is 177 cm³/mol. The van der Waals surface area contributed by atoms with Crippen molar-refractivity contribution in [1.82, 2.24) is 4.90 Å². The zero-order chi connectivity index (χ0) is 30.9. The average molecular weight is 610 g/mol. The Bertz CT molecular complexity index is 1130. The van der Waals surface area contributed by atoms with Crippen molar-refractivity contribution >= 4 is 14.4 Å². The third-order valence-corrected chi connectivity index (χ3v) is 13.9. The quantitative estimate of drug-likeness (QED) is 0.168. The molecule has 238 valence electrons. The van der Waals surface area contributed by atoms with Crippen molar-refractivity contribution in [1.29, 1.82) is 0 Å². The average Bonchev–Trinajstić information content (AvgIpc) is 3.41. The van der Waals surface area contributed by atoms with Crippen LogP contribution in [0.2, 0.25) is 18.1 Å². The number of nitrogens with zero attached hydrogens (tertiary/aromatic N) is 1. The van der Waals surface area contributed by atoms with E-state index in [1.165, 1.54) is 24.0 Å². The molecule has 0 N–H and O–H groups in total. The van der Waals surface area contributed by atoms with Gasteiger partial charge in [0.05, 0.1) is 18.8 Å². The smallest absolute Gasteiger partial charge is 0.410 e. The molecule has 1 saturated carbocycles. The Balaban J connectivity index is 1.61. The molecule has 4 rings (SSSR count). The minimum Gasteiger partial charge on any atom is -0.491 e. The number of para-hydroxylation sites is 1. The minimum atomic E-state index is -1.99. The molecule has 0 aliphatic heterocycles. The first-order valence-corrected chi connectivity index (χ1v) is 19.3. The Labute approximate surface area is 261 Å². The summed E-state index contributed by atoms with van der Waals surface area (Å²) in [7, 11) is -1.99. The van der Waals surface area contributed by atoms with E-state index >= 15 is 0 Å². The molecule has 0 heterocycles. The van der Waals surface area contributed by atoms with Crippen LogP contribution in [0.1, 0.15) is 91.2 Å². The maximum Gasteiger partial charge on any atom is 0.410 e. The molecule has 0 bridgehead atoms. The number of aryl methyl sites for hydroxylation is 1. The van der Waals surface area contributed by atoms with Crippen LogP contribution in [0, 0.1) is 0 Å². The van der Waals surface area contributed by atoms with Gasteiger partial charge in [-0.05, 0) is 126 Å². The predicted octanol–water partition coefficient (Wildman–Crippen LogP) is 8.96. The minimum absolute atomic E-state index is 0.00148. The van der Waals surface area contributed by atoms with E-state index in [-0.39, 0.29) is 18.2 Å². The van der Waals surface area contributed by atoms with Gasteiger partial charge in [0.15, 0.2) is 8.32 Å². The van der Waals surface area contributed by atoms with E-state index in [9.17, 15) is 4.79 Å². The van der Waals surface area contributed by atoms with E-state index in [1.807, 2.05) is 56.0 Å². The molecule has 7 heteroatoms. The molecular formula is C36H55NO5Si. The Morgan fingerprint density at radius 1 is 0.907 bits per heavy atom. The number of carbonyl (C=O) groups excluding carboxylic acids is 1. The number of amides is 1. The molecular weight excluding hydrogens is 554 g/mol. The first-order chi connectivity index (χ1) is 20.6. The van der Waals surface area contributed by atoms with Gasteiger partial charge in [0, 0.05) is 6.04 Å². The normalized spacial score (nSPS) is 18.4. The molecule has 0 aromatic heterocycles. The number of hydrogen-bond acceptors (Lipinski definition) is 5. The van der Waals surface area contributed by atoms with Crippen LogP contribution >= 0.6 is 0 Å². The number of fused-ring (bicyclic) bond motifs is 1. The molecule has 6 nitrogen and oxygen atoms in total. The first kappa shape index (κ1) is 33.4. The van der Waals surface area contributed by atoms with Gasteiger partial charge in [0.2, 0.25) is 0 Å². The fourth-order valence-electron chi connectivity index (χ4n) is 6.55. The van der Waals surface area contributed by atoms with Gasteiger partial charge >= 0.3 is 6.09 Å². The Morgan fingerprint density at radius 2 is 1.60 bits per heavy atom. The summed E-state index contributed by atoms with van der Waals surface area (Å²) in [6.45, 7) is 13.4. The lowest BCUT2D eigenvalue weighted by atomic mass is 10.0. The molecule has 43 heavy (non-hydrogen) atoms. The van der Waals surface area contributed by atoms with Gasteiger partial charge in [-0.1, -0.05) is 45.0 Å². The lowest BCUT2D eigenvalue weighted by Gasteiger charge is -2.39. The number of benzene rings is 2. The molecule has 0 spiro atoms. The molecule has 1 unspecified atom stereocenters. The molecule has 0 saturated heterocycles. The monoisotopic (exact) mass is 609 g/mol. The highest BCUT2D eigenvalue weighted by molar-refractivity contribution is 6.73. The molecule has 2 aliphatic rings. The summed E-state index contributed by atoms with van der Waals surface area (Å²) < 4.78 is 25.8. The molecule has 2 aliphatic carbocycles. The Kier molecular flexibility index (Phi) is 12.0. The number of rotatable bonds is 13. The second-order valence-electron chi connectivity index (χ2n) is 13.4. The van der Waals surface area contributed by atoms with Gasteiger partial charge < -0.3 is 23.5 Å². The highest BCUT2D eigenvalue weighted by Crippen LogP contribution is 2.32. The summed E-state index contributed by atoms with van der Waals surface area (Å²) in [5.41, 5.74) is 2.05. The Morgan fingerprint density at radius 3 is 2.26 bits per heavy atom. The zero-order valence-electron chi connectivity index (χ0n) is 27.5. The van der Waals surface area contributed by atoms with Gasteiger partial charge in [-0.25, -0.2) is 4.79 Å². The largest absolute Gasteiger partial charge is 0.491 e. The van der Waals surface area contributed by atoms with Gasteiger partial charge in [-0.3, -0.25) is 0 Å². The van der Waals surface area contributed by atoms with Gasteiger partial charge in [-0.2, -0.15) is 0 Å².